The van der Waals surface area contributed by atoms with E-state index in [0.717, 1.165) is 10.5 Å². The van der Waals surface area contributed by atoms with E-state index in [1.807, 2.05) is 25.1 Å². The lowest BCUT2D eigenvalue weighted by atomic mass is 10.1. The highest BCUT2D eigenvalue weighted by Crippen LogP contribution is 2.24. The van der Waals surface area contributed by atoms with Gasteiger partial charge >= 0.3 is 0 Å². The molecule has 0 saturated heterocycles. The van der Waals surface area contributed by atoms with Crippen molar-refractivity contribution in [1.82, 2.24) is 9.21 Å². The minimum atomic E-state index is -3.65. The van der Waals surface area contributed by atoms with Crippen LogP contribution in [-0.2, 0) is 10.0 Å². The van der Waals surface area contributed by atoms with Crippen molar-refractivity contribution in [2.45, 2.75) is 25.7 Å². The first-order chi connectivity index (χ1) is 17.7. The van der Waals surface area contributed by atoms with E-state index >= 15 is 0 Å². The van der Waals surface area contributed by atoms with Crippen LogP contribution in [0.4, 0.5) is 5.69 Å². The molecule has 1 heterocycles. The van der Waals surface area contributed by atoms with Crippen molar-refractivity contribution in [3.05, 3.63) is 95.1 Å². The average Bonchev–Trinajstić information content (AvgIpc) is 3.14. The van der Waals surface area contributed by atoms with E-state index < -0.39 is 10.0 Å². The predicted octanol–water partition coefficient (Wildman–Crippen LogP) is 3.97. The molecule has 0 fully saturated rings. The number of nitrogens with zero attached hydrogens (tertiary/aromatic N) is 3. The highest BCUT2D eigenvalue weighted by Gasteiger charge is 2.35. The monoisotopic (exact) mass is 519 g/mol. The van der Waals surface area contributed by atoms with Crippen molar-refractivity contribution in [2.24, 2.45) is 0 Å². The Hall–Kier alpha value is -3.82. The normalized spacial score (nSPS) is 13.2. The smallest absolute Gasteiger partial charge is 0.261 e. The van der Waals surface area contributed by atoms with Crippen molar-refractivity contribution in [3.8, 4) is 0 Å². The number of benzene rings is 3. The lowest BCUT2D eigenvalue weighted by Crippen LogP contribution is -2.41. The van der Waals surface area contributed by atoms with E-state index in [1.165, 1.54) is 33.5 Å². The van der Waals surface area contributed by atoms with E-state index in [9.17, 15) is 22.8 Å². The fraction of sp³-hybridized carbons (Fsp3) is 0.250. The van der Waals surface area contributed by atoms with Gasteiger partial charge in [-0.15, -0.1) is 0 Å². The molecule has 0 atom stereocenters. The topological polar surface area (TPSA) is 95.1 Å². The molecular weight excluding hydrogens is 490 g/mol. The summed E-state index contributed by atoms with van der Waals surface area (Å²) in [5.74, 6) is -1.14. The van der Waals surface area contributed by atoms with E-state index in [-0.39, 0.29) is 35.7 Å². The number of rotatable bonds is 9. The molecule has 3 amide bonds. The number of aryl methyl sites for hydroxylation is 1. The first-order valence-electron chi connectivity index (χ1n) is 12.1. The third kappa shape index (κ3) is 5.05. The molecular formula is C28H29N3O5S. The highest BCUT2D eigenvalue weighted by molar-refractivity contribution is 7.89. The van der Waals surface area contributed by atoms with Crippen LogP contribution < -0.4 is 4.90 Å². The van der Waals surface area contributed by atoms with Crippen LogP contribution in [-0.4, -0.2) is 61.5 Å². The summed E-state index contributed by atoms with van der Waals surface area (Å²) in [5, 5.41) is 0. The summed E-state index contributed by atoms with van der Waals surface area (Å²) >= 11 is 0. The van der Waals surface area contributed by atoms with Gasteiger partial charge in [0.2, 0.25) is 10.0 Å². The Morgan fingerprint density at radius 2 is 1.43 bits per heavy atom. The molecule has 0 radical (unpaired) electrons. The largest absolute Gasteiger partial charge is 0.307 e. The van der Waals surface area contributed by atoms with Gasteiger partial charge in [-0.1, -0.05) is 38.1 Å². The number of amides is 3. The second kappa shape index (κ2) is 10.7. The molecule has 192 valence electrons. The Morgan fingerprint density at radius 1 is 0.838 bits per heavy atom. The van der Waals surface area contributed by atoms with E-state index in [0.29, 0.717) is 35.5 Å². The molecule has 37 heavy (non-hydrogen) atoms. The molecule has 0 saturated carbocycles. The lowest BCUT2D eigenvalue weighted by Gasteiger charge is -2.26. The molecule has 0 spiro atoms. The first kappa shape index (κ1) is 26.2. The van der Waals surface area contributed by atoms with Crippen LogP contribution in [0.2, 0.25) is 0 Å². The summed E-state index contributed by atoms with van der Waals surface area (Å²) in [7, 11) is -3.65. The second-order valence-corrected chi connectivity index (χ2v) is 10.7. The zero-order valence-electron chi connectivity index (χ0n) is 21.0. The summed E-state index contributed by atoms with van der Waals surface area (Å²) in [6.45, 7) is 6.23. The Bertz CT molecular complexity index is 1410. The highest BCUT2D eigenvalue weighted by atomic mass is 32.2. The van der Waals surface area contributed by atoms with Crippen LogP contribution in [0.25, 0.3) is 0 Å². The Kier molecular flexibility index (Phi) is 7.56. The van der Waals surface area contributed by atoms with Crippen molar-refractivity contribution in [3.63, 3.8) is 0 Å². The minimum absolute atomic E-state index is 0.0143. The minimum Gasteiger partial charge on any atom is -0.307 e. The van der Waals surface area contributed by atoms with Crippen molar-refractivity contribution in [2.75, 3.05) is 31.1 Å². The van der Waals surface area contributed by atoms with Gasteiger partial charge in [-0.3, -0.25) is 19.3 Å². The number of fused-ring (bicyclic) bond motifs is 1. The maximum atomic E-state index is 13.6. The van der Waals surface area contributed by atoms with Gasteiger partial charge in [0.15, 0.2) is 0 Å². The van der Waals surface area contributed by atoms with Gasteiger partial charge in [-0.05, 0) is 61.0 Å². The summed E-state index contributed by atoms with van der Waals surface area (Å²) in [6.07, 6.45) is 0. The SMILES string of the molecule is CCN(CC)S(=O)(=O)c1ccc(C(=O)N(CCN2C(=O)c3ccccc3C2=O)c2cccc(C)c2)cc1. The van der Waals surface area contributed by atoms with Gasteiger partial charge in [0, 0.05) is 37.4 Å². The zero-order valence-corrected chi connectivity index (χ0v) is 21.9. The Morgan fingerprint density at radius 3 is 1.97 bits per heavy atom. The maximum absolute atomic E-state index is 13.6. The standard InChI is InChI=1S/C28H29N3O5S/c1-4-29(5-2)37(35,36)23-15-13-21(14-16-23)26(32)30(22-10-8-9-20(3)19-22)17-18-31-27(33)24-11-6-7-12-25(24)28(31)34/h6-16,19H,4-5,17-18H2,1-3H3. The number of imide groups is 1. The summed E-state index contributed by atoms with van der Waals surface area (Å²) in [6, 6.07) is 19.9. The molecule has 1 aliphatic heterocycles. The first-order valence-corrected chi connectivity index (χ1v) is 13.6. The molecule has 0 N–H and O–H groups in total. The molecule has 0 aromatic heterocycles. The number of hydrogen-bond acceptors (Lipinski definition) is 5. The molecule has 8 nitrogen and oxygen atoms in total. The van der Waals surface area contributed by atoms with Crippen molar-refractivity contribution in [1.29, 1.82) is 0 Å². The van der Waals surface area contributed by atoms with E-state index in [2.05, 4.69) is 0 Å². The molecule has 0 unspecified atom stereocenters. The quantitative estimate of drug-likeness (QED) is 0.399. The van der Waals surface area contributed by atoms with Gasteiger partial charge in [0.25, 0.3) is 17.7 Å². The van der Waals surface area contributed by atoms with Crippen LogP contribution in [0.5, 0.6) is 0 Å². The van der Waals surface area contributed by atoms with Gasteiger partial charge in [0.05, 0.1) is 16.0 Å². The van der Waals surface area contributed by atoms with E-state index in [4.69, 9.17) is 0 Å². The summed E-state index contributed by atoms with van der Waals surface area (Å²) < 4.78 is 27.0. The van der Waals surface area contributed by atoms with Gasteiger partial charge < -0.3 is 4.90 Å². The maximum Gasteiger partial charge on any atom is 0.261 e. The van der Waals surface area contributed by atoms with Crippen LogP contribution in [0.1, 0.15) is 50.5 Å². The number of hydrogen-bond donors (Lipinski definition) is 0. The number of carbonyl (C=O) groups is 3. The second-order valence-electron chi connectivity index (χ2n) is 8.72. The van der Waals surface area contributed by atoms with Crippen molar-refractivity contribution < 1.29 is 22.8 Å². The fourth-order valence-corrected chi connectivity index (χ4v) is 5.88. The molecule has 3 aromatic carbocycles. The molecule has 1 aliphatic rings. The Balaban J connectivity index is 1.60. The third-order valence-corrected chi connectivity index (χ3v) is 8.49. The molecule has 3 aromatic rings. The zero-order chi connectivity index (χ0) is 26.7. The number of anilines is 1. The molecule has 4 rings (SSSR count). The molecule has 0 bridgehead atoms. The van der Waals surface area contributed by atoms with Crippen LogP contribution in [0.15, 0.2) is 77.7 Å². The summed E-state index contributed by atoms with van der Waals surface area (Å²) in [5.41, 5.74) is 2.55. The van der Waals surface area contributed by atoms with Gasteiger partial charge in [0.1, 0.15) is 0 Å². The third-order valence-electron chi connectivity index (χ3n) is 6.43. The van der Waals surface area contributed by atoms with Crippen molar-refractivity contribution >= 4 is 33.4 Å². The average molecular weight is 520 g/mol. The lowest BCUT2D eigenvalue weighted by molar-refractivity contribution is 0.0654. The number of sulfonamides is 1. The van der Waals surface area contributed by atoms with Gasteiger partial charge in [-0.25, -0.2) is 8.42 Å². The van der Waals surface area contributed by atoms with Crippen LogP contribution >= 0.6 is 0 Å². The summed E-state index contributed by atoms with van der Waals surface area (Å²) in [4.78, 5) is 42.1. The van der Waals surface area contributed by atoms with Gasteiger partial charge in [-0.2, -0.15) is 4.31 Å². The predicted molar refractivity (Wildman–Crippen MR) is 141 cm³/mol. The molecule has 9 heteroatoms. The number of carbonyl (C=O) groups excluding carboxylic acids is 3. The fourth-order valence-electron chi connectivity index (χ4n) is 4.42. The Labute approximate surface area is 217 Å². The molecule has 0 aliphatic carbocycles. The van der Waals surface area contributed by atoms with Crippen LogP contribution in [0.3, 0.4) is 0 Å². The van der Waals surface area contributed by atoms with E-state index in [1.54, 1.807) is 44.2 Å². The van der Waals surface area contributed by atoms with Crippen LogP contribution in [0, 0.1) is 6.92 Å².